The Morgan fingerprint density at radius 1 is 1.54 bits per heavy atom. The highest BCUT2D eigenvalue weighted by atomic mass is 32.2. The summed E-state index contributed by atoms with van der Waals surface area (Å²) in [4.78, 5) is 4.01. The Kier molecular flexibility index (Phi) is 4.05. The van der Waals surface area contributed by atoms with Crippen molar-refractivity contribution in [1.82, 2.24) is 4.98 Å². The van der Waals surface area contributed by atoms with Gasteiger partial charge in [0.2, 0.25) is 0 Å². The van der Waals surface area contributed by atoms with Crippen LogP contribution >= 0.6 is 11.8 Å². The second-order valence-corrected chi connectivity index (χ2v) is 4.11. The first-order chi connectivity index (χ1) is 6.18. The van der Waals surface area contributed by atoms with Crippen LogP contribution in [0.2, 0.25) is 0 Å². The predicted molar refractivity (Wildman–Crippen MR) is 58.5 cm³/mol. The average Bonchev–Trinajstić information content (AvgIpc) is 2.08. The van der Waals surface area contributed by atoms with Crippen molar-refractivity contribution in [2.24, 2.45) is 5.73 Å². The van der Waals surface area contributed by atoms with Crippen molar-refractivity contribution in [2.45, 2.75) is 18.7 Å². The van der Waals surface area contributed by atoms with E-state index in [2.05, 4.69) is 4.98 Å². The fourth-order valence-corrected chi connectivity index (χ4v) is 1.78. The molecule has 1 rings (SSSR count). The molecule has 72 valence electrons. The van der Waals surface area contributed by atoms with E-state index < -0.39 is 0 Å². The van der Waals surface area contributed by atoms with Crippen LogP contribution < -0.4 is 11.5 Å². The van der Waals surface area contributed by atoms with Crippen LogP contribution in [0.15, 0.2) is 18.3 Å². The largest absolute Gasteiger partial charge is 0.384 e. The van der Waals surface area contributed by atoms with Crippen LogP contribution in [0.1, 0.15) is 12.5 Å². The van der Waals surface area contributed by atoms with Gasteiger partial charge in [-0.25, -0.2) is 4.98 Å². The summed E-state index contributed by atoms with van der Waals surface area (Å²) in [6.07, 6.45) is 1.81. The molecule has 4 heteroatoms. The second kappa shape index (κ2) is 5.09. The van der Waals surface area contributed by atoms with Crippen molar-refractivity contribution >= 4 is 17.6 Å². The van der Waals surface area contributed by atoms with Gasteiger partial charge in [0.25, 0.3) is 0 Å². The van der Waals surface area contributed by atoms with Gasteiger partial charge in [0.15, 0.2) is 0 Å². The van der Waals surface area contributed by atoms with Crippen molar-refractivity contribution in [3.63, 3.8) is 0 Å². The standard InChI is InChI=1S/C9H15N3S/c1-7(10)5-13-6-8-2-3-9(11)12-4-8/h2-4,7H,5-6,10H2,1H3,(H2,11,12). The van der Waals surface area contributed by atoms with Crippen molar-refractivity contribution < 1.29 is 0 Å². The Morgan fingerprint density at radius 2 is 2.31 bits per heavy atom. The average molecular weight is 197 g/mol. The van der Waals surface area contributed by atoms with Gasteiger partial charge < -0.3 is 11.5 Å². The van der Waals surface area contributed by atoms with Crippen LogP contribution in [-0.4, -0.2) is 16.8 Å². The molecule has 0 radical (unpaired) electrons. The van der Waals surface area contributed by atoms with Crippen LogP contribution in [0.4, 0.5) is 5.82 Å². The molecular weight excluding hydrogens is 182 g/mol. The van der Waals surface area contributed by atoms with Crippen molar-refractivity contribution in [1.29, 1.82) is 0 Å². The first kappa shape index (κ1) is 10.3. The molecule has 1 unspecified atom stereocenters. The lowest BCUT2D eigenvalue weighted by Gasteiger charge is -2.04. The molecule has 0 aliphatic rings. The summed E-state index contributed by atoms with van der Waals surface area (Å²) in [7, 11) is 0. The highest BCUT2D eigenvalue weighted by Gasteiger charge is 1.96. The fourth-order valence-electron chi connectivity index (χ4n) is 0.884. The molecule has 1 atom stereocenters. The van der Waals surface area contributed by atoms with Gasteiger partial charge in [0.05, 0.1) is 0 Å². The maximum Gasteiger partial charge on any atom is 0.123 e. The molecule has 1 aromatic rings. The van der Waals surface area contributed by atoms with Gasteiger partial charge in [0.1, 0.15) is 5.82 Å². The summed E-state index contributed by atoms with van der Waals surface area (Å²) in [6.45, 7) is 2.01. The number of thioether (sulfide) groups is 1. The van der Waals surface area contributed by atoms with Crippen LogP contribution in [0, 0.1) is 0 Å². The van der Waals surface area contributed by atoms with Gasteiger partial charge in [0, 0.05) is 23.7 Å². The van der Waals surface area contributed by atoms with E-state index in [4.69, 9.17) is 11.5 Å². The van der Waals surface area contributed by atoms with E-state index in [-0.39, 0.29) is 6.04 Å². The third-order valence-electron chi connectivity index (χ3n) is 1.50. The number of rotatable bonds is 4. The lowest BCUT2D eigenvalue weighted by atomic mass is 10.3. The van der Waals surface area contributed by atoms with Crippen LogP contribution in [0.5, 0.6) is 0 Å². The molecule has 0 aromatic carbocycles. The molecule has 0 amide bonds. The minimum absolute atomic E-state index is 0.256. The number of hydrogen-bond acceptors (Lipinski definition) is 4. The van der Waals surface area contributed by atoms with Gasteiger partial charge in [-0.15, -0.1) is 0 Å². The van der Waals surface area contributed by atoms with Crippen LogP contribution in [0.3, 0.4) is 0 Å². The minimum atomic E-state index is 0.256. The van der Waals surface area contributed by atoms with E-state index in [9.17, 15) is 0 Å². The van der Waals surface area contributed by atoms with Gasteiger partial charge >= 0.3 is 0 Å². The summed E-state index contributed by atoms with van der Waals surface area (Å²) in [5, 5.41) is 0. The molecule has 1 heterocycles. The maximum absolute atomic E-state index is 5.62. The van der Waals surface area contributed by atoms with Gasteiger partial charge in [-0.05, 0) is 18.6 Å². The zero-order valence-corrected chi connectivity index (χ0v) is 8.55. The quantitative estimate of drug-likeness (QED) is 0.762. The highest BCUT2D eigenvalue weighted by molar-refractivity contribution is 7.98. The molecule has 0 aliphatic carbocycles. The predicted octanol–water partition coefficient (Wildman–Crippen LogP) is 1.24. The SMILES string of the molecule is CC(N)CSCc1ccc(N)nc1. The number of nitrogens with zero attached hydrogens (tertiary/aromatic N) is 1. The molecule has 0 bridgehead atoms. The molecule has 13 heavy (non-hydrogen) atoms. The molecule has 0 aliphatic heterocycles. The Bertz CT molecular complexity index is 246. The van der Waals surface area contributed by atoms with Gasteiger partial charge in [-0.2, -0.15) is 11.8 Å². The third-order valence-corrected chi connectivity index (χ3v) is 2.80. The van der Waals surface area contributed by atoms with Crippen molar-refractivity contribution in [3.05, 3.63) is 23.9 Å². The molecule has 4 N–H and O–H groups in total. The van der Waals surface area contributed by atoms with E-state index in [0.29, 0.717) is 5.82 Å². The number of nitrogen functional groups attached to an aromatic ring is 1. The summed E-state index contributed by atoms with van der Waals surface area (Å²) < 4.78 is 0. The molecule has 0 saturated heterocycles. The number of hydrogen-bond donors (Lipinski definition) is 2. The number of pyridine rings is 1. The van der Waals surface area contributed by atoms with Crippen molar-refractivity contribution in [2.75, 3.05) is 11.5 Å². The summed E-state index contributed by atoms with van der Waals surface area (Å²) in [6, 6.07) is 4.07. The van der Waals surface area contributed by atoms with Gasteiger partial charge in [-0.3, -0.25) is 0 Å². The molecule has 0 spiro atoms. The summed E-state index contributed by atoms with van der Waals surface area (Å²) >= 11 is 1.81. The molecular formula is C9H15N3S. The summed E-state index contributed by atoms with van der Waals surface area (Å²) in [5.41, 5.74) is 12.3. The Labute approximate surface area is 82.9 Å². The zero-order chi connectivity index (χ0) is 9.68. The first-order valence-corrected chi connectivity index (χ1v) is 5.37. The molecule has 3 nitrogen and oxygen atoms in total. The minimum Gasteiger partial charge on any atom is -0.384 e. The second-order valence-electron chi connectivity index (χ2n) is 3.08. The van der Waals surface area contributed by atoms with Gasteiger partial charge in [-0.1, -0.05) is 6.07 Å². The summed E-state index contributed by atoms with van der Waals surface area (Å²) in [5.74, 6) is 2.50. The normalized spacial score (nSPS) is 12.8. The molecule has 0 fully saturated rings. The van der Waals surface area contributed by atoms with E-state index in [1.165, 1.54) is 5.56 Å². The Balaban J connectivity index is 2.33. The Morgan fingerprint density at radius 3 is 2.85 bits per heavy atom. The fraction of sp³-hybridized carbons (Fsp3) is 0.444. The van der Waals surface area contributed by atoms with Crippen LogP contribution in [0.25, 0.3) is 0 Å². The van der Waals surface area contributed by atoms with E-state index in [1.54, 1.807) is 0 Å². The molecule has 1 aromatic heterocycles. The third kappa shape index (κ3) is 4.15. The smallest absolute Gasteiger partial charge is 0.123 e. The number of nitrogens with two attached hydrogens (primary N) is 2. The van der Waals surface area contributed by atoms with E-state index in [0.717, 1.165) is 11.5 Å². The topological polar surface area (TPSA) is 64.9 Å². The maximum atomic E-state index is 5.62. The highest BCUT2D eigenvalue weighted by Crippen LogP contribution is 2.12. The lowest BCUT2D eigenvalue weighted by Crippen LogP contribution is -2.17. The van der Waals surface area contributed by atoms with E-state index >= 15 is 0 Å². The zero-order valence-electron chi connectivity index (χ0n) is 7.73. The first-order valence-electron chi connectivity index (χ1n) is 4.22. The van der Waals surface area contributed by atoms with Crippen LogP contribution in [-0.2, 0) is 5.75 Å². The number of anilines is 1. The van der Waals surface area contributed by atoms with E-state index in [1.807, 2.05) is 37.0 Å². The lowest BCUT2D eigenvalue weighted by molar-refractivity contribution is 0.847. The Hall–Kier alpha value is -0.740. The number of aromatic nitrogens is 1. The molecule has 0 saturated carbocycles. The van der Waals surface area contributed by atoms with Crippen molar-refractivity contribution in [3.8, 4) is 0 Å². The monoisotopic (exact) mass is 197 g/mol.